The maximum atomic E-state index is 13.1. The van der Waals surface area contributed by atoms with Gasteiger partial charge < -0.3 is 19.3 Å². The van der Waals surface area contributed by atoms with E-state index >= 15 is 0 Å². The number of methoxy groups -OCH3 is 1. The molecular weight excluding hydrogens is 424 g/mol. The first kappa shape index (κ1) is 22.3. The van der Waals surface area contributed by atoms with Gasteiger partial charge in [0.1, 0.15) is 17.1 Å². The van der Waals surface area contributed by atoms with Crippen LogP contribution in [0.2, 0.25) is 0 Å². The minimum atomic E-state index is -0.233. The van der Waals surface area contributed by atoms with Gasteiger partial charge in [-0.15, -0.1) is 0 Å². The fourth-order valence-corrected chi connectivity index (χ4v) is 5.10. The second-order valence-electron chi connectivity index (χ2n) is 9.25. The van der Waals surface area contributed by atoms with Crippen molar-refractivity contribution in [3.05, 3.63) is 90.0 Å². The summed E-state index contributed by atoms with van der Waals surface area (Å²) in [6.07, 6.45) is 3.63. The molecule has 0 aromatic heterocycles. The van der Waals surface area contributed by atoms with Crippen LogP contribution in [0.5, 0.6) is 11.5 Å². The highest BCUT2D eigenvalue weighted by molar-refractivity contribution is 5.94. The van der Waals surface area contributed by atoms with Crippen LogP contribution in [-0.2, 0) is 6.42 Å². The molecule has 0 N–H and O–H groups in total. The van der Waals surface area contributed by atoms with Crippen LogP contribution in [0.15, 0.2) is 78.9 Å². The third-order valence-corrected chi connectivity index (χ3v) is 7.16. The number of ether oxygens (including phenoxy) is 2. The van der Waals surface area contributed by atoms with E-state index < -0.39 is 0 Å². The highest BCUT2D eigenvalue weighted by Gasteiger charge is 2.40. The Bertz CT molecular complexity index is 1120. The van der Waals surface area contributed by atoms with Crippen LogP contribution < -0.4 is 14.4 Å². The van der Waals surface area contributed by atoms with Crippen LogP contribution in [0.4, 0.5) is 5.69 Å². The van der Waals surface area contributed by atoms with Crippen LogP contribution in [-0.4, -0.2) is 49.7 Å². The minimum absolute atomic E-state index is 0.0623. The summed E-state index contributed by atoms with van der Waals surface area (Å²) in [7, 11) is 1.62. The van der Waals surface area contributed by atoms with Gasteiger partial charge in [0.25, 0.3) is 5.91 Å². The third-order valence-electron chi connectivity index (χ3n) is 7.16. The SMILES string of the molecule is COc1cccc(C(=O)N2CCC3(CC2)CCN(CCc2ccccc2)c2ccccc2O3)c1. The molecule has 1 amide bonds. The van der Waals surface area contributed by atoms with Crippen molar-refractivity contribution in [1.82, 2.24) is 4.90 Å². The molecular formula is C29H32N2O3. The fraction of sp³-hybridized carbons (Fsp3) is 0.345. The first-order chi connectivity index (χ1) is 16.7. The molecule has 5 nitrogen and oxygen atoms in total. The molecule has 0 unspecified atom stereocenters. The number of rotatable bonds is 5. The summed E-state index contributed by atoms with van der Waals surface area (Å²) in [5, 5.41) is 0. The van der Waals surface area contributed by atoms with Crippen molar-refractivity contribution in [3.8, 4) is 11.5 Å². The average Bonchev–Trinajstić information content (AvgIpc) is 3.04. The zero-order valence-electron chi connectivity index (χ0n) is 19.8. The largest absolute Gasteiger partial charge is 0.497 e. The third kappa shape index (κ3) is 4.74. The normalized spacial score (nSPS) is 17.0. The van der Waals surface area contributed by atoms with Gasteiger partial charge in [-0.05, 0) is 42.3 Å². The van der Waals surface area contributed by atoms with Crippen molar-refractivity contribution in [2.24, 2.45) is 0 Å². The summed E-state index contributed by atoms with van der Waals surface area (Å²) in [6, 6.07) is 26.4. The number of hydrogen-bond donors (Lipinski definition) is 0. The molecule has 176 valence electrons. The van der Waals surface area contributed by atoms with Gasteiger partial charge in [0.05, 0.1) is 12.8 Å². The van der Waals surface area contributed by atoms with E-state index in [1.54, 1.807) is 7.11 Å². The maximum absolute atomic E-state index is 13.1. The fourth-order valence-electron chi connectivity index (χ4n) is 5.10. The Labute approximate surface area is 201 Å². The number of hydrogen-bond acceptors (Lipinski definition) is 4. The van der Waals surface area contributed by atoms with E-state index in [0.29, 0.717) is 24.4 Å². The van der Waals surface area contributed by atoms with E-state index in [2.05, 4.69) is 59.5 Å². The molecule has 0 radical (unpaired) electrons. The second kappa shape index (κ2) is 9.80. The maximum Gasteiger partial charge on any atom is 0.253 e. The number of carbonyl (C=O) groups excluding carboxylic acids is 1. The highest BCUT2D eigenvalue weighted by Crippen LogP contribution is 2.40. The molecule has 2 aliphatic rings. The lowest BCUT2D eigenvalue weighted by atomic mass is 9.87. The Morgan fingerprint density at radius 1 is 0.912 bits per heavy atom. The lowest BCUT2D eigenvalue weighted by Crippen LogP contribution is -2.50. The summed E-state index contributed by atoms with van der Waals surface area (Å²) in [5.41, 5.74) is 2.96. The van der Waals surface area contributed by atoms with Gasteiger partial charge in [-0.2, -0.15) is 0 Å². The minimum Gasteiger partial charge on any atom is -0.497 e. The first-order valence-electron chi connectivity index (χ1n) is 12.2. The number of benzene rings is 3. The monoisotopic (exact) mass is 456 g/mol. The molecule has 1 spiro atoms. The van der Waals surface area contributed by atoms with Gasteiger partial charge in [0.2, 0.25) is 0 Å². The van der Waals surface area contributed by atoms with E-state index in [9.17, 15) is 4.79 Å². The smallest absolute Gasteiger partial charge is 0.253 e. The molecule has 0 aliphatic carbocycles. The first-order valence-corrected chi connectivity index (χ1v) is 12.2. The molecule has 34 heavy (non-hydrogen) atoms. The Kier molecular flexibility index (Phi) is 6.43. The van der Waals surface area contributed by atoms with Crippen LogP contribution in [0.3, 0.4) is 0 Å². The van der Waals surface area contributed by atoms with Crippen LogP contribution in [0.1, 0.15) is 35.2 Å². The van der Waals surface area contributed by atoms with Crippen molar-refractivity contribution in [2.45, 2.75) is 31.3 Å². The van der Waals surface area contributed by atoms with Gasteiger partial charge in [0.15, 0.2) is 0 Å². The molecule has 1 fully saturated rings. The molecule has 3 aromatic carbocycles. The summed E-state index contributed by atoms with van der Waals surface area (Å²) >= 11 is 0. The van der Waals surface area contributed by atoms with E-state index in [1.165, 1.54) is 11.3 Å². The molecule has 2 aliphatic heterocycles. The van der Waals surface area contributed by atoms with E-state index in [4.69, 9.17) is 9.47 Å². The van der Waals surface area contributed by atoms with Crippen LogP contribution in [0.25, 0.3) is 0 Å². The van der Waals surface area contributed by atoms with Crippen molar-refractivity contribution in [3.63, 3.8) is 0 Å². The summed E-state index contributed by atoms with van der Waals surface area (Å²) in [6.45, 7) is 3.30. The number of amides is 1. The average molecular weight is 457 g/mol. The number of anilines is 1. The Hall–Kier alpha value is -3.47. The topological polar surface area (TPSA) is 42.0 Å². The molecule has 3 aromatic rings. The number of fused-ring (bicyclic) bond motifs is 1. The molecule has 0 bridgehead atoms. The Balaban J connectivity index is 1.28. The van der Waals surface area contributed by atoms with E-state index in [-0.39, 0.29) is 11.5 Å². The summed E-state index contributed by atoms with van der Waals surface area (Å²) in [5.74, 6) is 1.73. The predicted molar refractivity (Wildman–Crippen MR) is 135 cm³/mol. The lowest BCUT2D eigenvalue weighted by Gasteiger charge is -2.41. The second-order valence-corrected chi connectivity index (χ2v) is 9.25. The van der Waals surface area contributed by atoms with Gasteiger partial charge in [-0.25, -0.2) is 0 Å². The van der Waals surface area contributed by atoms with E-state index in [0.717, 1.165) is 44.5 Å². The lowest BCUT2D eigenvalue weighted by molar-refractivity contribution is 0.00240. The summed E-state index contributed by atoms with van der Waals surface area (Å²) in [4.78, 5) is 17.5. The molecule has 2 heterocycles. The summed E-state index contributed by atoms with van der Waals surface area (Å²) < 4.78 is 12.0. The molecule has 0 saturated carbocycles. The van der Waals surface area contributed by atoms with Gasteiger partial charge in [0, 0.05) is 51.0 Å². The number of carbonyl (C=O) groups is 1. The molecule has 0 atom stereocenters. The Morgan fingerprint density at radius 3 is 2.44 bits per heavy atom. The zero-order chi connectivity index (χ0) is 23.4. The standard InChI is InChI=1S/C29H32N2O3/c1-33-25-11-7-10-24(22-25)28(32)31-20-16-29(17-21-31)15-19-30(18-14-23-8-3-2-4-9-23)26-12-5-6-13-27(26)34-29/h2-13,22H,14-21H2,1H3. The number of nitrogens with zero attached hydrogens (tertiary/aromatic N) is 2. The Morgan fingerprint density at radius 2 is 1.65 bits per heavy atom. The van der Waals surface area contributed by atoms with Gasteiger partial charge in [-0.3, -0.25) is 4.79 Å². The van der Waals surface area contributed by atoms with Crippen LogP contribution >= 0.6 is 0 Å². The van der Waals surface area contributed by atoms with E-state index in [1.807, 2.05) is 29.2 Å². The zero-order valence-corrected chi connectivity index (χ0v) is 19.8. The predicted octanol–water partition coefficient (Wildman–Crippen LogP) is 5.20. The number of likely N-dealkylation sites (tertiary alicyclic amines) is 1. The van der Waals surface area contributed by atoms with Crippen molar-refractivity contribution >= 4 is 11.6 Å². The number of piperidine rings is 1. The van der Waals surface area contributed by atoms with Crippen molar-refractivity contribution < 1.29 is 14.3 Å². The number of para-hydroxylation sites is 2. The van der Waals surface area contributed by atoms with Crippen molar-refractivity contribution in [2.75, 3.05) is 38.2 Å². The quantitative estimate of drug-likeness (QED) is 0.529. The molecule has 5 heteroatoms. The van der Waals surface area contributed by atoms with Crippen LogP contribution in [0, 0.1) is 0 Å². The molecule has 1 saturated heterocycles. The van der Waals surface area contributed by atoms with Gasteiger partial charge in [-0.1, -0.05) is 48.5 Å². The van der Waals surface area contributed by atoms with Crippen molar-refractivity contribution in [1.29, 1.82) is 0 Å². The van der Waals surface area contributed by atoms with Gasteiger partial charge >= 0.3 is 0 Å². The highest BCUT2D eigenvalue weighted by atomic mass is 16.5. The molecule has 5 rings (SSSR count).